The van der Waals surface area contributed by atoms with E-state index in [9.17, 15) is 19.7 Å². The Kier molecular flexibility index (Phi) is 6.97. The molecule has 0 spiro atoms. The number of allylic oxidation sites excluding steroid dienone is 1. The third-order valence-corrected chi connectivity index (χ3v) is 7.44. The molecule has 4 aromatic carbocycles. The van der Waals surface area contributed by atoms with Gasteiger partial charge in [-0.05, 0) is 53.7 Å². The summed E-state index contributed by atoms with van der Waals surface area (Å²) in [6.07, 6.45) is 1.40. The van der Waals surface area contributed by atoms with Crippen molar-refractivity contribution in [2.24, 2.45) is 0 Å². The van der Waals surface area contributed by atoms with E-state index in [1.54, 1.807) is 41.0 Å². The van der Waals surface area contributed by atoms with Gasteiger partial charge in [-0.2, -0.15) is 0 Å². The van der Waals surface area contributed by atoms with Crippen LogP contribution in [0.2, 0.25) is 0 Å². The molecule has 0 unspecified atom stereocenters. The van der Waals surface area contributed by atoms with Crippen LogP contribution in [0.3, 0.4) is 0 Å². The second-order valence-electron chi connectivity index (χ2n) is 9.02. The van der Waals surface area contributed by atoms with Crippen LogP contribution >= 0.6 is 11.8 Å². The van der Waals surface area contributed by atoms with E-state index in [4.69, 9.17) is 4.74 Å². The molecular weight excluding hydrogens is 540 g/mol. The van der Waals surface area contributed by atoms with E-state index < -0.39 is 16.5 Å². The minimum atomic E-state index is -0.500. The van der Waals surface area contributed by atoms with Crippen LogP contribution in [0.15, 0.2) is 119 Å². The van der Waals surface area contributed by atoms with Crippen molar-refractivity contribution in [1.29, 1.82) is 0 Å². The van der Waals surface area contributed by atoms with Crippen LogP contribution in [0.5, 0.6) is 5.75 Å². The van der Waals surface area contributed by atoms with E-state index in [1.165, 1.54) is 12.1 Å². The monoisotopic (exact) mass is 560 g/mol. The molecule has 6 rings (SSSR count). The second-order valence-corrected chi connectivity index (χ2v) is 10.0. The van der Waals surface area contributed by atoms with E-state index in [-0.39, 0.29) is 17.9 Å². The molecule has 1 aliphatic rings. The lowest BCUT2D eigenvalue weighted by Gasteiger charge is -2.11. The summed E-state index contributed by atoms with van der Waals surface area (Å²) in [5.41, 5.74) is 1.59. The molecule has 0 radical (unpaired) electrons. The fraction of sp³-hybridized carbons (Fsp3) is 0.0323. The minimum Gasteiger partial charge on any atom is -0.486 e. The van der Waals surface area contributed by atoms with E-state index in [2.05, 4.69) is 10.2 Å². The lowest BCUT2D eigenvalue weighted by atomic mass is 10.1. The number of hydrogen-bond donors (Lipinski definition) is 0. The van der Waals surface area contributed by atoms with Crippen molar-refractivity contribution < 1.29 is 19.2 Å². The summed E-state index contributed by atoms with van der Waals surface area (Å²) in [4.78, 5) is 37.5. The predicted molar refractivity (Wildman–Crippen MR) is 152 cm³/mol. The first-order chi connectivity index (χ1) is 20.0. The van der Waals surface area contributed by atoms with Gasteiger partial charge in [0.15, 0.2) is 17.4 Å². The maximum absolute atomic E-state index is 12.8. The molecule has 1 aromatic heterocycles. The Bertz CT molecular complexity index is 1800. The van der Waals surface area contributed by atoms with E-state index in [0.29, 0.717) is 38.3 Å². The van der Waals surface area contributed by atoms with Gasteiger partial charge in [-0.3, -0.25) is 24.3 Å². The number of benzene rings is 4. The molecule has 200 valence electrons. The van der Waals surface area contributed by atoms with Gasteiger partial charge in [0.25, 0.3) is 5.69 Å². The molecule has 9 nitrogen and oxygen atoms in total. The first-order valence-electron chi connectivity index (χ1n) is 12.5. The zero-order valence-electron chi connectivity index (χ0n) is 21.3. The lowest BCUT2D eigenvalue weighted by molar-refractivity contribution is -0.387. The molecule has 0 amide bonds. The Hall–Kier alpha value is -5.35. The zero-order valence-corrected chi connectivity index (χ0v) is 22.2. The number of nitro groups is 1. The zero-order chi connectivity index (χ0) is 28.3. The number of carbonyl (C=O) groups is 2. The molecular formula is C31H20N4O5S. The van der Waals surface area contributed by atoms with Crippen LogP contribution < -0.4 is 4.74 Å². The molecule has 0 N–H and O–H groups in total. The molecule has 0 aliphatic heterocycles. The summed E-state index contributed by atoms with van der Waals surface area (Å²) >= 11 is 1.09. The second kappa shape index (κ2) is 11.0. The molecule has 0 saturated heterocycles. The Balaban J connectivity index is 1.33. The van der Waals surface area contributed by atoms with Crippen molar-refractivity contribution in [3.8, 4) is 11.4 Å². The number of ether oxygens (including phenoxy) is 1. The Labute approximate surface area is 238 Å². The topological polar surface area (TPSA) is 117 Å². The number of nitro benzene ring substituents is 1. The number of Topliss-reactive ketones (excluding diaryl/α,β-unsaturated/α-hetero) is 2. The number of ketones is 2. The van der Waals surface area contributed by atoms with Crippen molar-refractivity contribution in [3.05, 3.63) is 141 Å². The number of nitrogens with zero attached hydrogens (tertiary/aromatic N) is 4. The molecule has 0 fully saturated rings. The van der Waals surface area contributed by atoms with Gasteiger partial charge >= 0.3 is 0 Å². The lowest BCUT2D eigenvalue weighted by Crippen LogP contribution is -2.06. The summed E-state index contributed by atoms with van der Waals surface area (Å²) in [6.45, 7) is 0.130. The highest BCUT2D eigenvalue weighted by molar-refractivity contribution is 7.99. The molecule has 5 aromatic rings. The van der Waals surface area contributed by atoms with E-state index >= 15 is 0 Å². The highest BCUT2D eigenvalue weighted by atomic mass is 32.2. The maximum atomic E-state index is 12.8. The van der Waals surface area contributed by atoms with Crippen LogP contribution in [0.4, 0.5) is 5.69 Å². The SMILES string of the molecule is O=C1C(=Cc2ccc(Sc3nnc(COc4ccccc4)n3-c3ccccc3)c([N+](=O)[O-])c2)C(=O)c2ccccc21. The van der Waals surface area contributed by atoms with Crippen LogP contribution in [-0.4, -0.2) is 31.3 Å². The largest absolute Gasteiger partial charge is 0.486 e. The van der Waals surface area contributed by atoms with Crippen molar-refractivity contribution in [2.45, 2.75) is 16.7 Å². The van der Waals surface area contributed by atoms with Gasteiger partial charge in [0.2, 0.25) is 5.16 Å². The minimum absolute atomic E-state index is 0.0206. The van der Waals surface area contributed by atoms with Crippen LogP contribution in [0, 0.1) is 10.1 Å². The fourth-order valence-corrected chi connectivity index (χ4v) is 5.44. The van der Waals surface area contributed by atoms with Crippen molar-refractivity contribution in [3.63, 3.8) is 0 Å². The average molecular weight is 561 g/mol. The molecule has 1 heterocycles. The molecule has 1 aliphatic carbocycles. The molecule has 10 heteroatoms. The highest BCUT2D eigenvalue weighted by Crippen LogP contribution is 2.37. The van der Waals surface area contributed by atoms with Crippen molar-refractivity contribution in [1.82, 2.24) is 14.8 Å². The number of carbonyl (C=O) groups excluding carboxylic acids is 2. The van der Waals surface area contributed by atoms with Crippen molar-refractivity contribution >= 4 is 35.1 Å². The first kappa shape index (κ1) is 25.9. The van der Waals surface area contributed by atoms with Crippen molar-refractivity contribution in [2.75, 3.05) is 0 Å². The fourth-order valence-electron chi connectivity index (χ4n) is 4.48. The van der Waals surface area contributed by atoms with E-state index in [1.807, 2.05) is 60.7 Å². The van der Waals surface area contributed by atoms with Gasteiger partial charge in [-0.1, -0.05) is 66.7 Å². The van der Waals surface area contributed by atoms with Gasteiger partial charge in [0.1, 0.15) is 12.4 Å². The average Bonchev–Trinajstić information content (AvgIpc) is 3.51. The standard InChI is InChI=1S/C31H20N4O5S/c36-29-23-13-7-8-14-24(23)30(37)25(29)17-20-15-16-27(26(18-20)35(38)39)41-31-33-32-28(19-40-22-11-5-2-6-12-22)34(31)21-9-3-1-4-10-21/h1-18H,19H2. The van der Waals surface area contributed by atoms with Gasteiger partial charge in [0, 0.05) is 22.9 Å². The molecule has 0 bridgehead atoms. The quantitative estimate of drug-likeness (QED) is 0.0930. The van der Waals surface area contributed by atoms with Gasteiger partial charge in [0.05, 0.1) is 15.4 Å². The maximum Gasteiger partial charge on any atom is 0.283 e. The predicted octanol–water partition coefficient (Wildman–Crippen LogP) is 6.37. The Morgan fingerprint density at radius 1 is 0.829 bits per heavy atom. The first-order valence-corrected chi connectivity index (χ1v) is 13.4. The van der Waals surface area contributed by atoms with Gasteiger partial charge in [-0.15, -0.1) is 10.2 Å². The third kappa shape index (κ3) is 5.15. The number of para-hydroxylation sites is 2. The summed E-state index contributed by atoms with van der Waals surface area (Å²) in [5.74, 6) is 0.400. The van der Waals surface area contributed by atoms with Crippen LogP contribution in [0.1, 0.15) is 32.1 Å². The third-order valence-electron chi connectivity index (χ3n) is 6.42. The number of fused-ring (bicyclic) bond motifs is 1. The van der Waals surface area contributed by atoms with Crippen LogP contribution in [0.25, 0.3) is 11.8 Å². The summed E-state index contributed by atoms with van der Waals surface area (Å²) in [6, 6.07) is 29.9. The van der Waals surface area contributed by atoms with Crippen LogP contribution in [-0.2, 0) is 6.61 Å². The van der Waals surface area contributed by atoms with E-state index in [0.717, 1.165) is 17.4 Å². The Morgan fingerprint density at radius 2 is 1.46 bits per heavy atom. The Morgan fingerprint density at radius 3 is 2.12 bits per heavy atom. The highest BCUT2D eigenvalue weighted by Gasteiger charge is 2.32. The summed E-state index contributed by atoms with van der Waals surface area (Å²) in [7, 11) is 0. The smallest absolute Gasteiger partial charge is 0.283 e. The normalized spacial score (nSPS) is 12.3. The summed E-state index contributed by atoms with van der Waals surface area (Å²) in [5, 5.41) is 21.1. The number of rotatable bonds is 8. The number of hydrogen-bond acceptors (Lipinski definition) is 8. The van der Waals surface area contributed by atoms with Gasteiger partial charge in [-0.25, -0.2) is 0 Å². The number of aromatic nitrogens is 3. The molecule has 41 heavy (non-hydrogen) atoms. The molecule has 0 atom stereocenters. The molecule has 0 saturated carbocycles. The summed E-state index contributed by atoms with van der Waals surface area (Å²) < 4.78 is 7.69. The van der Waals surface area contributed by atoms with Gasteiger partial charge < -0.3 is 4.74 Å².